The minimum atomic E-state index is -1.08. The number of aliphatic carboxylic acids is 2. The van der Waals surface area contributed by atoms with Crippen LogP contribution in [0.1, 0.15) is 26.7 Å². The van der Waals surface area contributed by atoms with Gasteiger partial charge in [-0.1, -0.05) is 34.8 Å². The summed E-state index contributed by atoms with van der Waals surface area (Å²) < 4.78 is -0.750. The zero-order valence-corrected chi connectivity index (χ0v) is 11.1. The van der Waals surface area contributed by atoms with Crippen molar-refractivity contribution >= 4 is 46.7 Å². The number of carboxylic acid groups (broad SMARTS) is 2. The molecule has 0 unspecified atom stereocenters. The van der Waals surface area contributed by atoms with E-state index in [1.165, 1.54) is 0 Å². The van der Waals surface area contributed by atoms with E-state index in [0.29, 0.717) is 0 Å². The first-order chi connectivity index (χ1) is 7.09. The highest BCUT2D eigenvalue weighted by Gasteiger charge is 2.00. The van der Waals surface area contributed by atoms with E-state index in [1.54, 1.807) is 13.8 Å². The third kappa shape index (κ3) is 98.7. The van der Waals surface area contributed by atoms with Crippen LogP contribution in [-0.4, -0.2) is 37.7 Å². The van der Waals surface area contributed by atoms with Crippen molar-refractivity contribution in [3.05, 3.63) is 0 Å². The van der Waals surface area contributed by atoms with Crippen LogP contribution in [0.5, 0.6) is 0 Å². The van der Waals surface area contributed by atoms with Gasteiger partial charge in [-0.25, -0.2) is 0 Å². The predicted molar refractivity (Wildman–Crippen MR) is 63.2 cm³/mol. The lowest BCUT2D eigenvalue weighted by molar-refractivity contribution is -0.143. The van der Waals surface area contributed by atoms with Gasteiger partial charge in [0.25, 0.3) is 0 Å². The van der Waals surface area contributed by atoms with Crippen LogP contribution in [0.4, 0.5) is 0 Å². The van der Waals surface area contributed by atoms with Gasteiger partial charge in [0, 0.05) is 6.10 Å². The second-order valence-corrected chi connectivity index (χ2v) is 4.61. The van der Waals surface area contributed by atoms with Crippen molar-refractivity contribution in [1.29, 1.82) is 0 Å². The molecule has 0 fully saturated rings. The summed E-state index contributed by atoms with van der Waals surface area (Å²) in [6.45, 7) is 3.44. The number of aliphatic hydroxyl groups is 1. The summed E-state index contributed by atoms with van der Waals surface area (Å²) in [7, 11) is 0. The minimum Gasteiger partial charge on any atom is -0.481 e. The minimum absolute atomic E-state index is 0.167. The van der Waals surface area contributed by atoms with Crippen LogP contribution < -0.4 is 0 Å². The second kappa shape index (κ2) is 14.8. The average Bonchev–Trinajstić information content (AvgIpc) is 1.98. The number of carboxylic acids is 2. The molecule has 0 radical (unpaired) electrons. The Kier molecular flexibility index (Phi) is 19.5. The number of rotatable bonds is 3. The molecule has 5 nitrogen and oxygen atoms in total. The van der Waals surface area contributed by atoms with Gasteiger partial charge in [0.05, 0.1) is 12.8 Å². The number of carbonyl (C=O) groups is 2. The number of hydrogen-bond donors (Lipinski definition) is 3. The third-order valence-corrected chi connectivity index (χ3v) is 0.553. The monoisotopic (exact) mass is 296 g/mol. The molecule has 0 aromatic heterocycles. The zero-order valence-electron chi connectivity index (χ0n) is 8.86. The maximum absolute atomic E-state index is 9.64. The molecule has 3 N–H and O–H groups in total. The highest BCUT2D eigenvalue weighted by molar-refractivity contribution is 6.63. The first kappa shape index (κ1) is 21.1. The Labute approximate surface area is 109 Å². The number of aliphatic hydroxyl groups excluding tert-OH is 1. The van der Waals surface area contributed by atoms with E-state index in [2.05, 4.69) is 0 Å². The summed E-state index contributed by atoms with van der Waals surface area (Å²) in [5.41, 5.74) is 0. The SMILES string of the molecule is CC(C)O.ClC(Cl)Cl.O=C(O)CCC(=O)O. The van der Waals surface area contributed by atoms with Crippen molar-refractivity contribution in [3.8, 4) is 0 Å². The number of halogens is 3. The summed E-state index contributed by atoms with van der Waals surface area (Å²) in [6, 6.07) is 0. The van der Waals surface area contributed by atoms with Crippen molar-refractivity contribution in [2.75, 3.05) is 0 Å². The largest absolute Gasteiger partial charge is 0.481 e. The fourth-order valence-electron chi connectivity index (χ4n) is 0.214. The molecule has 16 heavy (non-hydrogen) atoms. The van der Waals surface area contributed by atoms with Gasteiger partial charge in [0.15, 0.2) is 4.30 Å². The van der Waals surface area contributed by atoms with Crippen LogP contribution in [0.2, 0.25) is 0 Å². The summed E-state index contributed by atoms with van der Waals surface area (Å²) in [6.07, 6.45) is -0.759. The normalized spacial score (nSPS) is 8.75. The Balaban J connectivity index is -0.000000179. The topological polar surface area (TPSA) is 94.8 Å². The van der Waals surface area contributed by atoms with E-state index in [9.17, 15) is 9.59 Å². The molecule has 0 spiro atoms. The molecule has 0 heterocycles. The van der Waals surface area contributed by atoms with E-state index in [4.69, 9.17) is 50.1 Å². The fourth-order valence-corrected chi connectivity index (χ4v) is 0.214. The highest BCUT2D eigenvalue weighted by atomic mass is 35.6. The van der Waals surface area contributed by atoms with Crippen LogP contribution in [0.25, 0.3) is 0 Å². The summed E-state index contributed by atoms with van der Waals surface area (Å²) >= 11 is 14.4. The molecule has 0 rings (SSSR count). The average molecular weight is 298 g/mol. The number of hydrogen-bond acceptors (Lipinski definition) is 3. The number of alkyl halides is 3. The quantitative estimate of drug-likeness (QED) is 0.695. The van der Waals surface area contributed by atoms with Crippen LogP contribution in [0.3, 0.4) is 0 Å². The molecule has 0 aliphatic rings. The summed E-state index contributed by atoms with van der Waals surface area (Å²) in [4.78, 5) is 19.3. The Morgan fingerprint density at radius 2 is 1.12 bits per heavy atom. The van der Waals surface area contributed by atoms with E-state index >= 15 is 0 Å². The highest BCUT2D eigenvalue weighted by Crippen LogP contribution is 2.03. The standard InChI is InChI=1S/C4H6O4.C3H8O.CHCl3/c5-3(6)1-2-4(7)8;1-3(2)4;2-1(3)4/h1-2H2,(H,5,6)(H,7,8);3-4H,1-2H3;1H. The predicted octanol–water partition coefficient (Wildman–Crippen LogP) is 2.31. The lowest BCUT2D eigenvalue weighted by atomic mass is 10.3. The molecule has 0 saturated heterocycles. The maximum Gasteiger partial charge on any atom is 0.303 e. The smallest absolute Gasteiger partial charge is 0.303 e. The molecule has 0 bridgehead atoms. The summed E-state index contributed by atoms with van der Waals surface area (Å²) in [5.74, 6) is -2.15. The lowest BCUT2D eigenvalue weighted by Gasteiger charge is -1.85. The molecule has 98 valence electrons. The molecular formula is C8H15Cl3O5. The van der Waals surface area contributed by atoms with Gasteiger partial charge in [0.2, 0.25) is 0 Å². The van der Waals surface area contributed by atoms with Gasteiger partial charge in [-0.15, -0.1) is 0 Å². The Hall–Kier alpha value is -0.230. The molecule has 0 aliphatic heterocycles. The Morgan fingerprint density at radius 1 is 1.00 bits per heavy atom. The van der Waals surface area contributed by atoms with Crippen molar-refractivity contribution in [3.63, 3.8) is 0 Å². The van der Waals surface area contributed by atoms with Gasteiger partial charge in [-0.2, -0.15) is 0 Å². The fraction of sp³-hybridized carbons (Fsp3) is 0.750. The van der Waals surface area contributed by atoms with Crippen LogP contribution in [-0.2, 0) is 9.59 Å². The van der Waals surface area contributed by atoms with E-state index in [-0.39, 0.29) is 18.9 Å². The molecular weight excluding hydrogens is 282 g/mol. The summed E-state index contributed by atoms with van der Waals surface area (Å²) in [5, 5.41) is 23.9. The van der Waals surface area contributed by atoms with Crippen LogP contribution in [0.15, 0.2) is 0 Å². The van der Waals surface area contributed by atoms with E-state index < -0.39 is 16.2 Å². The van der Waals surface area contributed by atoms with E-state index in [0.717, 1.165) is 0 Å². The molecule has 0 aromatic carbocycles. The molecule has 0 aromatic rings. The molecule has 0 amide bonds. The Morgan fingerprint density at radius 3 is 1.19 bits per heavy atom. The molecule has 8 heteroatoms. The molecule has 0 saturated carbocycles. The van der Waals surface area contributed by atoms with Gasteiger partial charge < -0.3 is 15.3 Å². The van der Waals surface area contributed by atoms with Gasteiger partial charge in [0.1, 0.15) is 0 Å². The van der Waals surface area contributed by atoms with Crippen molar-refractivity contribution < 1.29 is 24.9 Å². The lowest BCUT2D eigenvalue weighted by Crippen LogP contribution is -2.00. The molecule has 0 aliphatic carbocycles. The zero-order chi connectivity index (χ0) is 13.7. The van der Waals surface area contributed by atoms with Crippen LogP contribution >= 0.6 is 34.8 Å². The Bertz CT molecular complexity index is 159. The van der Waals surface area contributed by atoms with Gasteiger partial charge in [-0.05, 0) is 13.8 Å². The van der Waals surface area contributed by atoms with Gasteiger partial charge in [-0.3, -0.25) is 9.59 Å². The maximum atomic E-state index is 9.64. The third-order valence-electron chi connectivity index (χ3n) is 0.553. The van der Waals surface area contributed by atoms with Crippen molar-refractivity contribution in [1.82, 2.24) is 0 Å². The van der Waals surface area contributed by atoms with Crippen molar-refractivity contribution in [2.45, 2.75) is 37.1 Å². The second-order valence-electron chi connectivity index (χ2n) is 2.63. The van der Waals surface area contributed by atoms with Crippen molar-refractivity contribution in [2.24, 2.45) is 0 Å². The van der Waals surface area contributed by atoms with Crippen LogP contribution in [0, 0.1) is 0 Å². The molecule has 0 atom stereocenters. The van der Waals surface area contributed by atoms with E-state index in [1.807, 2.05) is 0 Å². The first-order valence-corrected chi connectivity index (χ1v) is 5.44. The first-order valence-electron chi connectivity index (χ1n) is 4.13. The van der Waals surface area contributed by atoms with Gasteiger partial charge >= 0.3 is 11.9 Å².